The highest BCUT2D eigenvalue weighted by atomic mass is 19.1. The molecule has 2 aromatic heterocycles. The topological polar surface area (TPSA) is 146 Å². The Labute approximate surface area is 206 Å². The Bertz CT molecular complexity index is 1400. The number of azide groups is 1. The summed E-state index contributed by atoms with van der Waals surface area (Å²) in [6.45, 7) is 4.07. The van der Waals surface area contributed by atoms with E-state index in [2.05, 4.69) is 25.3 Å². The van der Waals surface area contributed by atoms with Crippen molar-refractivity contribution in [1.82, 2.24) is 19.4 Å². The second kappa shape index (κ2) is 11.2. The Balaban J connectivity index is 1.77. The van der Waals surface area contributed by atoms with Crippen LogP contribution >= 0.6 is 0 Å². The number of hydrogen-bond acceptors (Lipinski definition) is 6. The van der Waals surface area contributed by atoms with Gasteiger partial charge in [0.25, 0.3) is 11.5 Å². The fourth-order valence-electron chi connectivity index (χ4n) is 3.56. The molecule has 0 saturated carbocycles. The lowest BCUT2D eigenvalue weighted by atomic mass is 10.0. The van der Waals surface area contributed by atoms with Gasteiger partial charge in [0.2, 0.25) is 11.9 Å². The van der Waals surface area contributed by atoms with Gasteiger partial charge >= 0.3 is 0 Å². The van der Waals surface area contributed by atoms with Gasteiger partial charge in [-0.1, -0.05) is 25.1 Å². The van der Waals surface area contributed by atoms with E-state index in [1.807, 2.05) is 13.8 Å². The summed E-state index contributed by atoms with van der Waals surface area (Å²) in [5, 5.41) is 6.26. The van der Waals surface area contributed by atoms with Gasteiger partial charge in [0, 0.05) is 55.0 Å². The Kier molecular flexibility index (Phi) is 8.13. The average Bonchev–Trinajstić information content (AvgIpc) is 2.86. The van der Waals surface area contributed by atoms with Crippen LogP contribution in [0.25, 0.3) is 21.7 Å². The first-order valence-corrected chi connectivity index (χ1v) is 11.0. The monoisotopic (exact) mass is 492 g/mol. The van der Waals surface area contributed by atoms with Crippen molar-refractivity contribution in [3.63, 3.8) is 0 Å². The molecule has 0 aliphatic heterocycles. The molecule has 186 valence electrons. The Morgan fingerprint density at radius 1 is 1.25 bits per heavy atom. The number of benzene rings is 1. The quantitative estimate of drug-likeness (QED) is 0.289. The van der Waals surface area contributed by atoms with E-state index >= 15 is 0 Å². The van der Waals surface area contributed by atoms with Gasteiger partial charge in [-0.2, -0.15) is 0 Å². The number of carbonyl (C=O) groups excluding carboxylic acids is 2. The maximum atomic E-state index is 14.2. The summed E-state index contributed by atoms with van der Waals surface area (Å²) < 4.78 is 15.5. The van der Waals surface area contributed by atoms with Crippen molar-refractivity contribution in [1.29, 1.82) is 0 Å². The van der Waals surface area contributed by atoms with Crippen molar-refractivity contribution in [2.24, 2.45) is 18.1 Å². The van der Waals surface area contributed by atoms with Crippen molar-refractivity contribution in [3.05, 3.63) is 86.5 Å². The van der Waals surface area contributed by atoms with Crippen molar-refractivity contribution < 1.29 is 14.0 Å². The van der Waals surface area contributed by atoms with E-state index in [1.54, 1.807) is 26.2 Å². The van der Waals surface area contributed by atoms with E-state index in [1.165, 1.54) is 39.9 Å². The van der Waals surface area contributed by atoms with Crippen molar-refractivity contribution in [2.45, 2.75) is 19.9 Å². The van der Waals surface area contributed by atoms with Crippen LogP contribution in [0.3, 0.4) is 0 Å². The molecule has 0 unspecified atom stereocenters. The maximum Gasteiger partial charge on any atom is 0.255 e. The third-order valence-corrected chi connectivity index (χ3v) is 5.83. The number of rotatable bonds is 8. The molecule has 36 heavy (non-hydrogen) atoms. The molecule has 0 spiro atoms. The van der Waals surface area contributed by atoms with E-state index in [0.717, 1.165) is 6.20 Å². The molecule has 1 N–H and O–H groups in total. The summed E-state index contributed by atoms with van der Waals surface area (Å²) in [5.74, 6) is -1.73. The van der Waals surface area contributed by atoms with Crippen LogP contribution in [-0.2, 0) is 7.05 Å². The summed E-state index contributed by atoms with van der Waals surface area (Å²) in [6.07, 6.45) is 2.47. The first-order valence-electron chi connectivity index (χ1n) is 11.0. The van der Waals surface area contributed by atoms with Crippen LogP contribution < -0.4 is 10.9 Å². The molecule has 0 aliphatic carbocycles. The minimum Gasteiger partial charge on any atom is -0.353 e. The van der Waals surface area contributed by atoms with Gasteiger partial charge in [0.05, 0.1) is 17.5 Å². The van der Waals surface area contributed by atoms with Gasteiger partial charge < -0.3 is 10.2 Å². The predicted molar refractivity (Wildman–Crippen MR) is 132 cm³/mol. The molecule has 3 rings (SSSR count). The van der Waals surface area contributed by atoms with Crippen molar-refractivity contribution >= 4 is 17.8 Å². The minimum absolute atomic E-state index is 0.0188. The number of anilines is 1. The zero-order valence-electron chi connectivity index (χ0n) is 20.2. The van der Waals surface area contributed by atoms with Crippen LogP contribution in [0.15, 0.2) is 58.7 Å². The predicted octanol–water partition coefficient (Wildman–Crippen LogP) is 3.64. The van der Waals surface area contributed by atoms with E-state index < -0.39 is 17.6 Å². The lowest BCUT2D eigenvalue weighted by molar-refractivity contribution is 0.0767. The second-order valence-corrected chi connectivity index (χ2v) is 8.35. The lowest BCUT2D eigenvalue weighted by Gasteiger charge is -2.27. The fraction of sp³-hybridized carbons (Fsp3) is 0.292. The number of hydrogen-bond donors (Lipinski definition) is 1. The van der Waals surface area contributed by atoms with Crippen LogP contribution in [0.2, 0.25) is 0 Å². The van der Waals surface area contributed by atoms with E-state index in [-0.39, 0.29) is 45.9 Å². The first-order chi connectivity index (χ1) is 17.1. The molecular weight excluding hydrogens is 467 g/mol. The summed E-state index contributed by atoms with van der Waals surface area (Å²) >= 11 is 0. The highest BCUT2D eigenvalue weighted by molar-refractivity contribution is 6.07. The SMILES string of the molecule is C[C@@H](CN(C)C(=O)c1ccccc1C(=O)N=[N+]=[N-])[C@@H](C)Nc1nc(-c2ccncc2F)cc(=O)n1C. The van der Waals surface area contributed by atoms with Gasteiger partial charge in [0.15, 0.2) is 5.82 Å². The molecule has 1 aromatic carbocycles. The minimum atomic E-state index is -0.838. The third-order valence-electron chi connectivity index (χ3n) is 5.83. The number of nitrogens with one attached hydrogen (secondary N) is 1. The summed E-state index contributed by atoms with van der Waals surface area (Å²) in [4.78, 5) is 49.7. The zero-order valence-corrected chi connectivity index (χ0v) is 20.2. The lowest BCUT2D eigenvalue weighted by Crippen LogP contribution is -2.38. The normalized spacial score (nSPS) is 12.2. The fourth-order valence-corrected chi connectivity index (χ4v) is 3.56. The molecule has 2 amide bonds. The molecule has 0 aliphatic rings. The van der Waals surface area contributed by atoms with E-state index in [4.69, 9.17) is 5.53 Å². The molecule has 0 radical (unpaired) electrons. The van der Waals surface area contributed by atoms with Crippen LogP contribution in [0.1, 0.15) is 34.6 Å². The van der Waals surface area contributed by atoms with E-state index in [9.17, 15) is 18.8 Å². The van der Waals surface area contributed by atoms with Gasteiger partial charge in [-0.25, -0.2) is 9.37 Å². The zero-order chi connectivity index (χ0) is 26.4. The summed E-state index contributed by atoms with van der Waals surface area (Å²) in [5.41, 5.74) is 8.67. The molecule has 0 saturated heterocycles. The van der Waals surface area contributed by atoms with Crippen LogP contribution in [0.5, 0.6) is 0 Å². The number of amides is 2. The van der Waals surface area contributed by atoms with Crippen LogP contribution in [0.4, 0.5) is 10.3 Å². The van der Waals surface area contributed by atoms with Crippen molar-refractivity contribution in [3.8, 4) is 11.3 Å². The molecule has 0 bridgehead atoms. The summed E-state index contributed by atoms with van der Waals surface area (Å²) in [7, 11) is 3.15. The highest BCUT2D eigenvalue weighted by Crippen LogP contribution is 2.21. The molecule has 0 fully saturated rings. The number of halogens is 1. The average molecular weight is 493 g/mol. The maximum absolute atomic E-state index is 14.2. The molecule has 2 atom stereocenters. The first kappa shape index (κ1) is 26.0. The molecule has 3 aromatic rings. The second-order valence-electron chi connectivity index (χ2n) is 8.35. The molecule has 11 nitrogen and oxygen atoms in total. The standard InChI is InChI=1S/C24H25FN8O3/c1-14(13-32(3)23(36)17-8-6-5-7-16(17)22(35)30-31-26)15(2)28-24-29-20(11-21(34)33(24)4)18-9-10-27-12-19(18)25/h5-12,14-15H,13H2,1-4H3,(H,28,29)/t14-,15+/m0/s1. The molecule has 2 heterocycles. The Morgan fingerprint density at radius 3 is 2.61 bits per heavy atom. The number of nitrogens with zero attached hydrogens (tertiary/aromatic N) is 7. The number of pyridine rings is 1. The van der Waals surface area contributed by atoms with Crippen LogP contribution in [-0.4, -0.2) is 50.9 Å². The van der Waals surface area contributed by atoms with Gasteiger partial charge in [0.1, 0.15) is 0 Å². The molecular formula is C24H25FN8O3. The number of carbonyl (C=O) groups is 2. The largest absolute Gasteiger partial charge is 0.353 e. The van der Waals surface area contributed by atoms with Crippen molar-refractivity contribution in [2.75, 3.05) is 18.9 Å². The Morgan fingerprint density at radius 2 is 1.94 bits per heavy atom. The smallest absolute Gasteiger partial charge is 0.255 e. The third kappa shape index (κ3) is 5.73. The summed E-state index contributed by atoms with van der Waals surface area (Å²) in [6, 6.07) is 8.56. The van der Waals surface area contributed by atoms with Crippen LogP contribution in [0, 0.1) is 11.7 Å². The van der Waals surface area contributed by atoms with Gasteiger partial charge in [-0.3, -0.25) is 23.9 Å². The highest BCUT2D eigenvalue weighted by Gasteiger charge is 2.23. The van der Waals surface area contributed by atoms with E-state index in [0.29, 0.717) is 6.54 Å². The Hall–Kier alpha value is -4.57. The van der Waals surface area contributed by atoms with Gasteiger partial charge in [-0.15, -0.1) is 0 Å². The number of aromatic nitrogens is 3. The van der Waals surface area contributed by atoms with Gasteiger partial charge in [-0.05, 0) is 35.6 Å². The molecule has 12 heteroatoms.